The summed E-state index contributed by atoms with van der Waals surface area (Å²) in [6.45, 7) is 0. The van der Waals surface area contributed by atoms with Gasteiger partial charge in [0.1, 0.15) is 6.33 Å². The largest absolute Gasteiger partial charge is 0.319 e. The van der Waals surface area contributed by atoms with Gasteiger partial charge in [-0.05, 0) is 0 Å². The number of nitrogens with two attached hydrogens (primary N) is 1. The smallest absolute Gasteiger partial charge is 0.154 e. The number of aromatic amines is 1. The van der Waals surface area contributed by atoms with E-state index in [1.165, 1.54) is 0 Å². The second-order valence-electron chi connectivity index (χ2n) is 2.81. The van der Waals surface area contributed by atoms with Crippen molar-refractivity contribution in [1.29, 1.82) is 0 Å². The Hall–Kier alpha value is -1.69. The normalized spacial score (nSPS) is 13.1. The minimum Gasteiger partial charge on any atom is -0.319 e. The second-order valence-corrected chi connectivity index (χ2v) is 2.81. The van der Waals surface area contributed by atoms with Crippen molar-refractivity contribution in [2.45, 2.75) is 6.04 Å². The molecule has 0 saturated carbocycles. The van der Waals surface area contributed by atoms with Crippen molar-refractivity contribution in [3.63, 3.8) is 0 Å². The van der Waals surface area contributed by atoms with Crippen LogP contribution in [0, 0.1) is 0 Å². The van der Waals surface area contributed by atoms with Gasteiger partial charge in [0.25, 0.3) is 0 Å². The first kappa shape index (κ1) is 7.93. The lowest BCUT2D eigenvalue weighted by Gasteiger charge is -2.06. The monoisotopic (exact) mass is 178 g/mol. The molecule has 1 atom stereocenters. The summed E-state index contributed by atoms with van der Waals surface area (Å²) < 4.78 is 1.79. The fraction of sp³-hybridized carbons (Fsp3) is 0.286. The molecule has 0 spiro atoms. The molecule has 1 unspecified atom stereocenters. The van der Waals surface area contributed by atoms with Crippen molar-refractivity contribution in [2.24, 2.45) is 12.8 Å². The third-order valence-corrected chi connectivity index (χ3v) is 1.90. The van der Waals surface area contributed by atoms with Crippen molar-refractivity contribution < 1.29 is 0 Å². The quantitative estimate of drug-likeness (QED) is 0.654. The lowest BCUT2D eigenvalue weighted by molar-refractivity contribution is 0.715. The van der Waals surface area contributed by atoms with E-state index in [-0.39, 0.29) is 6.04 Å². The van der Waals surface area contributed by atoms with Crippen LogP contribution in [0.2, 0.25) is 0 Å². The van der Waals surface area contributed by atoms with Crippen LogP contribution >= 0.6 is 0 Å². The molecule has 0 saturated heterocycles. The summed E-state index contributed by atoms with van der Waals surface area (Å²) in [5.41, 5.74) is 6.82. The predicted molar refractivity (Wildman–Crippen MR) is 45.6 cm³/mol. The maximum absolute atomic E-state index is 5.92. The third kappa shape index (κ3) is 1.31. The van der Waals surface area contributed by atoms with Gasteiger partial charge in [-0.15, -0.1) is 10.2 Å². The Morgan fingerprint density at radius 2 is 2.46 bits per heavy atom. The van der Waals surface area contributed by atoms with Crippen LogP contribution in [0.25, 0.3) is 0 Å². The number of hydrogen-bond acceptors (Lipinski definition) is 4. The first-order chi connectivity index (χ1) is 6.29. The van der Waals surface area contributed by atoms with E-state index < -0.39 is 0 Å². The van der Waals surface area contributed by atoms with Crippen molar-refractivity contribution in [1.82, 2.24) is 25.0 Å². The first-order valence-corrected chi connectivity index (χ1v) is 3.87. The lowest BCUT2D eigenvalue weighted by Crippen LogP contribution is -2.15. The highest BCUT2D eigenvalue weighted by atomic mass is 15.3. The van der Waals surface area contributed by atoms with Crippen LogP contribution in [0.5, 0.6) is 0 Å². The van der Waals surface area contributed by atoms with E-state index in [2.05, 4.69) is 20.4 Å². The van der Waals surface area contributed by atoms with Crippen LogP contribution < -0.4 is 5.73 Å². The number of aryl methyl sites for hydroxylation is 1. The predicted octanol–water partition coefficient (Wildman–Crippen LogP) is -0.414. The molecule has 0 radical (unpaired) electrons. The highest BCUT2D eigenvalue weighted by molar-refractivity contribution is 5.17. The summed E-state index contributed by atoms with van der Waals surface area (Å²) >= 11 is 0. The second kappa shape index (κ2) is 2.98. The summed E-state index contributed by atoms with van der Waals surface area (Å²) in [6, 6.07) is -0.272. The Balaban J connectivity index is 2.33. The molecule has 2 rings (SSSR count). The number of nitrogens with one attached hydrogen (secondary N) is 1. The molecule has 0 aromatic carbocycles. The molecular weight excluding hydrogens is 168 g/mol. The molecule has 68 valence electrons. The van der Waals surface area contributed by atoms with Crippen LogP contribution in [0.15, 0.2) is 18.7 Å². The molecule has 6 nitrogen and oxygen atoms in total. The van der Waals surface area contributed by atoms with E-state index >= 15 is 0 Å². The van der Waals surface area contributed by atoms with Crippen molar-refractivity contribution in [2.75, 3.05) is 0 Å². The number of H-pyrrole nitrogens is 1. The molecule has 2 heterocycles. The van der Waals surface area contributed by atoms with Gasteiger partial charge in [-0.3, -0.25) is 5.10 Å². The molecule has 0 aliphatic rings. The topological polar surface area (TPSA) is 85.4 Å². The Kier molecular flexibility index (Phi) is 1.82. The Morgan fingerprint density at radius 3 is 3.00 bits per heavy atom. The van der Waals surface area contributed by atoms with Gasteiger partial charge in [0.15, 0.2) is 5.82 Å². The summed E-state index contributed by atoms with van der Waals surface area (Å²) in [7, 11) is 1.86. The molecule has 0 fully saturated rings. The molecule has 0 amide bonds. The van der Waals surface area contributed by atoms with Gasteiger partial charge in [-0.25, -0.2) is 0 Å². The fourth-order valence-electron chi connectivity index (χ4n) is 1.15. The van der Waals surface area contributed by atoms with Gasteiger partial charge in [-0.2, -0.15) is 5.10 Å². The summed E-state index contributed by atoms with van der Waals surface area (Å²) in [6.07, 6.45) is 5.05. The van der Waals surface area contributed by atoms with Gasteiger partial charge in [0, 0.05) is 18.8 Å². The number of nitrogens with zero attached hydrogens (tertiary/aromatic N) is 4. The number of hydrogen-bond donors (Lipinski definition) is 2. The standard InChI is InChI=1S/C7H10N6/c1-13-4-11-12-7(13)6(8)5-2-9-10-3-5/h2-4,6H,8H2,1H3,(H,9,10). The lowest BCUT2D eigenvalue weighted by atomic mass is 10.1. The van der Waals surface area contributed by atoms with Crippen LogP contribution in [0.3, 0.4) is 0 Å². The Bertz CT molecular complexity index is 375. The Morgan fingerprint density at radius 1 is 1.62 bits per heavy atom. The highest BCUT2D eigenvalue weighted by Gasteiger charge is 2.14. The summed E-state index contributed by atoms with van der Waals surface area (Å²) in [5, 5.41) is 14.2. The van der Waals surface area contributed by atoms with Crippen LogP contribution in [0.1, 0.15) is 17.4 Å². The molecule has 0 aliphatic heterocycles. The summed E-state index contributed by atoms with van der Waals surface area (Å²) in [4.78, 5) is 0. The number of rotatable bonds is 2. The molecular formula is C7H10N6. The van der Waals surface area contributed by atoms with Gasteiger partial charge < -0.3 is 10.3 Å². The zero-order valence-electron chi connectivity index (χ0n) is 7.18. The van der Waals surface area contributed by atoms with Crippen LogP contribution in [0.4, 0.5) is 0 Å². The zero-order valence-corrected chi connectivity index (χ0v) is 7.18. The molecule has 3 N–H and O–H groups in total. The highest BCUT2D eigenvalue weighted by Crippen LogP contribution is 2.14. The van der Waals surface area contributed by atoms with Crippen molar-refractivity contribution in [3.05, 3.63) is 30.1 Å². The first-order valence-electron chi connectivity index (χ1n) is 3.87. The maximum atomic E-state index is 5.92. The SMILES string of the molecule is Cn1cnnc1C(N)c1cn[nH]c1. The molecule has 13 heavy (non-hydrogen) atoms. The van der Waals surface area contributed by atoms with E-state index in [1.54, 1.807) is 23.3 Å². The van der Waals surface area contributed by atoms with E-state index in [0.29, 0.717) is 0 Å². The van der Waals surface area contributed by atoms with E-state index in [1.807, 2.05) is 7.05 Å². The maximum Gasteiger partial charge on any atom is 0.154 e. The van der Waals surface area contributed by atoms with E-state index in [4.69, 9.17) is 5.73 Å². The molecule has 2 aromatic heterocycles. The van der Waals surface area contributed by atoms with E-state index in [0.717, 1.165) is 11.4 Å². The average Bonchev–Trinajstić information content (AvgIpc) is 2.72. The van der Waals surface area contributed by atoms with Crippen LogP contribution in [-0.4, -0.2) is 25.0 Å². The van der Waals surface area contributed by atoms with Crippen molar-refractivity contribution >= 4 is 0 Å². The minimum absolute atomic E-state index is 0.272. The van der Waals surface area contributed by atoms with Crippen LogP contribution in [-0.2, 0) is 7.05 Å². The van der Waals surface area contributed by atoms with E-state index in [9.17, 15) is 0 Å². The van der Waals surface area contributed by atoms with Crippen molar-refractivity contribution in [3.8, 4) is 0 Å². The molecule has 0 bridgehead atoms. The minimum atomic E-state index is -0.272. The molecule has 2 aromatic rings. The van der Waals surface area contributed by atoms with Gasteiger partial charge in [-0.1, -0.05) is 0 Å². The fourth-order valence-corrected chi connectivity index (χ4v) is 1.15. The zero-order chi connectivity index (χ0) is 9.26. The van der Waals surface area contributed by atoms with Gasteiger partial charge in [0.2, 0.25) is 0 Å². The molecule has 6 heteroatoms. The third-order valence-electron chi connectivity index (χ3n) is 1.90. The summed E-state index contributed by atoms with van der Waals surface area (Å²) in [5.74, 6) is 0.724. The number of aromatic nitrogens is 5. The Labute approximate surface area is 74.8 Å². The van der Waals surface area contributed by atoms with Gasteiger partial charge >= 0.3 is 0 Å². The van der Waals surface area contributed by atoms with Gasteiger partial charge in [0.05, 0.1) is 12.2 Å². The molecule has 0 aliphatic carbocycles. The average molecular weight is 178 g/mol.